The van der Waals surface area contributed by atoms with Crippen LogP contribution in [0.2, 0.25) is 0 Å². The van der Waals surface area contributed by atoms with E-state index >= 15 is 0 Å². The molecular weight excluding hydrogens is 388 g/mol. The molecule has 1 amide bonds. The first-order valence-corrected chi connectivity index (χ1v) is 7.74. The standard InChI is InChI=1S/C12H14INO3S.Na/c1-7(6-18-2)14-11(15)10-8(12(16)17)4-3-5-9(10)13;/h3-5,7H,6H2,1-2H3,(H,14,15)(H,16,17);/q;+1/p-1/t7-;/m0./s1. The van der Waals surface area contributed by atoms with E-state index in [-0.39, 0.29) is 52.6 Å². The SMILES string of the molecule is CSC[C@H](C)NC(=O)c1c(I)cccc1C(=O)[O-].[Na+]. The molecule has 0 radical (unpaired) electrons. The molecule has 0 saturated heterocycles. The van der Waals surface area contributed by atoms with Crippen LogP contribution in [0, 0.1) is 3.57 Å². The maximum absolute atomic E-state index is 12.1. The van der Waals surface area contributed by atoms with Gasteiger partial charge < -0.3 is 15.2 Å². The summed E-state index contributed by atoms with van der Waals surface area (Å²) in [5, 5.41) is 13.8. The molecule has 98 valence electrons. The van der Waals surface area contributed by atoms with E-state index < -0.39 is 5.97 Å². The summed E-state index contributed by atoms with van der Waals surface area (Å²) < 4.78 is 0.600. The van der Waals surface area contributed by atoms with Crippen molar-refractivity contribution in [2.24, 2.45) is 0 Å². The van der Waals surface area contributed by atoms with E-state index in [9.17, 15) is 14.7 Å². The van der Waals surface area contributed by atoms with Crippen LogP contribution in [0.4, 0.5) is 0 Å². The van der Waals surface area contributed by atoms with E-state index in [1.807, 2.05) is 35.8 Å². The Balaban J connectivity index is 0.00000324. The number of carboxylic acids is 1. The van der Waals surface area contributed by atoms with Crippen LogP contribution in [-0.4, -0.2) is 29.9 Å². The third-order valence-corrected chi connectivity index (χ3v) is 3.99. The number of carboxylic acid groups (broad SMARTS) is 1. The Morgan fingerprint density at radius 2 is 2.11 bits per heavy atom. The number of rotatable bonds is 5. The zero-order valence-corrected chi connectivity index (χ0v) is 16.0. The van der Waals surface area contributed by atoms with E-state index in [0.717, 1.165) is 5.75 Å². The smallest absolute Gasteiger partial charge is 0.545 e. The van der Waals surface area contributed by atoms with Crippen molar-refractivity contribution >= 4 is 46.2 Å². The van der Waals surface area contributed by atoms with Gasteiger partial charge in [0.05, 0.1) is 11.5 Å². The molecule has 0 heterocycles. The topological polar surface area (TPSA) is 69.2 Å². The van der Waals surface area contributed by atoms with Crippen molar-refractivity contribution < 1.29 is 44.3 Å². The molecule has 7 heteroatoms. The Hall–Kier alpha value is 0.240. The largest absolute Gasteiger partial charge is 1.00 e. The first-order chi connectivity index (χ1) is 8.47. The van der Waals surface area contributed by atoms with Gasteiger partial charge in [0.1, 0.15) is 0 Å². The van der Waals surface area contributed by atoms with Gasteiger partial charge in [-0.25, -0.2) is 0 Å². The second-order valence-electron chi connectivity index (χ2n) is 3.78. The number of nitrogens with one attached hydrogen (secondary N) is 1. The van der Waals surface area contributed by atoms with E-state index in [1.165, 1.54) is 6.07 Å². The van der Waals surface area contributed by atoms with E-state index in [0.29, 0.717) is 3.57 Å². The molecule has 0 saturated carbocycles. The van der Waals surface area contributed by atoms with Crippen molar-refractivity contribution in [2.75, 3.05) is 12.0 Å². The molecule has 1 rings (SSSR count). The van der Waals surface area contributed by atoms with Crippen LogP contribution in [0.1, 0.15) is 27.6 Å². The van der Waals surface area contributed by atoms with Crippen LogP contribution >= 0.6 is 34.4 Å². The van der Waals surface area contributed by atoms with Crippen LogP contribution in [-0.2, 0) is 0 Å². The molecule has 1 atom stereocenters. The first kappa shape index (κ1) is 19.2. The molecule has 0 aliphatic carbocycles. The van der Waals surface area contributed by atoms with Crippen molar-refractivity contribution in [2.45, 2.75) is 13.0 Å². The number of hydrogen-bond donors (Lipinski definition) is 1. The Morgan fingerprint density at radius 3 is 2.63 bits per heavy atom. The zero-order valence-electron chi connectivity index (χ0n) is 11.0. The molecule has 0 fully saturated rings. The fourth-order valence-corrected chi connectivity index (χ4v) is 2.84. The van der Waals surface area contributed by atoms with Crippen LogP contribution in [0.5, 0.6) is 0 Å². The van der Waals surface area contributed by atoms with Crippen LogP contribution in [0.3, 0.4) is 0 Å². The van der Waals surface area contributed by atoms with Crippen molar-refractivity contribution in [3.63, 3.8) is 0 Å². The van der Waals surface area contributed by atoms with Crippen molar-refractivity contribution in [3.8, 4) is 0 Å². The van der Waals surface area contributed by atoms with Gasteiger partial charge in [0.25, 0.3) is 5.91 Å². The molecule has 0 aliphatic heterocycles. The van der Waals surface area contributed by atoms with Crippen molar-refractivity contribution in [1.29, 1.82) is 0 Å². The molecule has 19 heavy (non-hydrogen) atoms. The first-order valence-electron chi connectivity index (χ1n) is 5.27. The normalized spacial score (nSPS) is 11.3. The minimum atomic E-state index is -1.34. The number of carbonyl (C=O) groups is 2. The molecule has 1 aromatic rings. The van der Waals surface area contributed by atoms with Crippen LogP contribution < -0.4 is 40.0 Å². The van der Waals surface area contributed by atoms with Crippen LogP contribution in [0.15, 0.2) is 18.2 Å². The minimum Gasteiger partial charge on any atom is -0.545 e. The zero-order chi connectivity index (χ0) is 13.7. The summed E-state index contributed by atoms with van der Waals surface area (Å²) in [6.07, 6.45) is 1.95. The van der Waals surface area contributed by atoms with E-state index in [1.54, 1.807) is 23.9 Å². The van der Waals surface area contributed by atoms with E-state index in [4.69, 9.17) is 0 Å². The molecular formula is C12H13INNaO3S. The molecule has 1 N–H and O–H groups in total. The predicted octanol–water partition coefficient (Wildman–Crippen LogP) is -1.86. The van der Waals surface area contributed by atoms with Gasteiger partial charge in [-0.2, -0.15) is 11.8 Å². The number of aromatic carboxylic acids is 1. The number of benzene rings is 1. The Morgan fingerprint density at radius 1 is 1.47 bits per heavy atom. The predicted molar refractivity (Wildman–Crippen MR) is 78.8 cm³/mol. The second kappa shape index (κ2) is 9.23. The average Bonchev–Trinajstić information content (AvgIpc) is 2.28. The summed E-state index contributed by atoms with van der Waals surface area (Å²) in [6, 6.07) is 4.65. The summed E-state index contributed by atoms with van der Waals surface area (Å²) in [7, 11) is 0. The monoisotopic (exact) mass is 401 g/mol. The molecule has 4 nitrogen and oxygen atoms in total. The molecule has 0 aliphatic rings. The Bertz CT molecular complexity index is 470. The minimum absolute atomic E-state index is 0. The number of amides is 1. The molecule has 0 spiro atoms. The van der Waals surface area contributed by atoms with Crippen LogP contribution in [0.25, 0.3) is 0 Å². The van der Waals surface area contributed by atoms with Gasteiger partial charge in [0, 0.05) is 20.9 Å². The second-order valence-corrected chi connectivity index (χ2v) is 5.85. The maximum Gasteiger partial charge on any atom is 1.00 e. The number of thioether (sulfide) groups is 1. The average molecular weight is 401 g/mol. The third kappa shape index (κ3) is 5.63. The van der Waals surface area contributed by atoms with Crippen molar-refractivity contribution in [3.05, 3.63) is 32.9 Å². The maximum atomic E-state index is 12.1. The fourth-order valence-electron chi connectivity index (χ4n) is 1.51. The molecule has 1 aromatic carbocycles. The van der Waals surface area contributed by atoms with Gasteiger partial charge >= 0.3 is 29.6 Å². The summed E-state index contributed by atoms with van der Waals surface area (Å²) >= 11 is 3.56. The molecule has 0 unspecified atom stereocenters. The number of hydrogen-bond acceptors (Lipinski definition) is 4. The Labute approximate surface area is 152 Å². The van der Waals surface area contributed by atoms with Gasteiger partial charge in [-0.1, -0.05) is 12.1 Å². The quantitative estimate of drug-likeness (QED) is 0.465. The molecule has 0 aromatic heterocycles. The summed E-state index contributed by atoms with van der Waals surface area (Å²) in [6.45, 7) is 1.88. The number of halogens is 1. The van der Waals surface area contributed by atoms with Gasteiger partial charge in [-0.3, -0.25) is 4.79 Å². The Kier molecular flexibility index (Phi) is 9.34. The van der Waals surface area contributed by atoms with Gasteiger partial charge in [-0.15, -0.1) is 0 Å². The van der Waals surface area contributed by atoms with Crippen molar-refractivity contribution in [1.82, 2.24) is 5.32 Å². The summed E-state index contributed by atoms with van der Waals surface area (Å²) in [4.78, 5) is 23.1. The number of carbonyl (C=O) groups excluding carboxylic acids is 2. The van der Waals surface area contributed by atoms with Gasteiger partial charge in [-0.05, 0) is 41.8 Å². The van der Waals surface area contributed by atoms with Gasteiger partial charge in [0.15, 0.2) is 0 Å². The summed E-state index contributed by atoms with van der Waals surface area (Å²) in [5.74, 6) is -0.938. The van der Waals surface area contributed by atoms with E-state index in [2.05, 4.69) is 5.32 Å². The molecule has 0 bridgehead atoms. The summed E-state index contributed by atoms with van der Waals surface area (Å²) in [5.41, 5.74) is 0.0989. The van der Waals surface area contributed by atoms with Gasteiger partial charge in [0.2, 0.25) is 0 Å². The third-order valence-electron chi connectivity index (χ3n) is 2.25. The fraction of sp³-hybridized carbons (Fsp3) is 0.333.